The highest BCUT2D eigenvalue weighted by Crippen LogP contribution is 2.34. The van der Waals surface area contributed by atoms with Crippen LogP contribution in [0.3, 0.4) is 0 Å². The van der Waals surface area contributed by atoms with Gasteiger partial charge in [-0.3, -0.25) is 4.79 Å². The second kappa shape index (κ2) is 8.56. The topological polar surface area (TPSA) is 69.0 Å². The van der Waals surface area contributed by atoms with Crippen molar-refractivity contribution in [3.63, 3.8) is 0 Å². The summed E-state index contributed by atoms with van der Waals surface area (Å²) < 4.78 is 42.8. The Morgan fingerprint density at radius 1 is 1.21 bits per heavy atom. The minimum absolute atomic E-state index is 0.0401. The summed E-state index contributed by atoms with van der Waals surface area (Å²) in [6, 6.07) is 12.1. The van der Waals surface area contributed by atoms with Crippen molar-refractivity contribution >= 4 is 23.4 Å². The van der Waals surface area contributed by atoms with Crippen molar-refractivity contribution < 1.29 is 22.7 Å². The third-order valence-electron chi connectivity index (χ3n) is 3.90. The van der Waals surface area contributed by atoms with E-state index in [0.717, 1.165) is 22.9 Å². The zero-order valence-corrected chi connectivity index (χ0v) is 16.3. The minimum Gasteiger partial charge on any atom is -0.406 e. The first-order chi connectivity index (χ1) is 13.7. The first-order valence-corrected chi connectivity index (χ1v) is 9.37. The number of carbonyl (C=O) groups is 1. The molecule has 0 fully saturated rings. The lowest BCUT2D eigenvalue weighted by atomic mass is 10.1. The smallest absolute Gasteiger partial charge is 0.406 e. The summed E-state index contributed by atoms with van der Waals surface area (Å²) in [5, 5.41) is 11.4. The minimum atomic E-state index is -4.82. The number of alkyl halides is 3. The summed E-state index contributed by atoms with van der Waals surface area (Å²) >= 11 is 1.51. The predicted octanol–water partition coefficient (Wildman–Crippen LogP) is 4.82. The van der Waals surface area contributed by atoms with Gasteiger partial charge in [0.15, 0.2) is 5.16 Å². The number of aryl methyl sites for hydroxylation is 1. The molecule has 6 nitrogen and oxygen atoms in total. The average Bonchev–Trinajstić information content (AvgIpc) is 3.05. The van der Waals surface area contributed by atoms with Crippen molar-refractivity contribution in [3.8, 4) is 5.75 Å². The van der Waals surface area contributed by atoms with Gasteiger partial charge in [0, 0.05) is 23.5 Å². The summed E-state index contributed by atoms with van der Waals surface area (Å²) in [5.74, 6) is -0.990. The monoisotopic (exact) mass is 422 g/mol. The Kier molecular flexibility index (Phi) is 6.12. The molecular weight excluding hydrogens is 405 g/mol. The van der Waals surface area contributed by atoms with E-state index in [1.54, 1.807) is 18.5 Å². The van der Waals surface area contributed by atoms with Crippen LogP contribution < -0.4 is 10.1 Å². The lowest BCUT2D eigenvalue weighted by Gasteiger charge is -2.13. The molecular formula is C19H17F3N4O2S. The van der Waals surface area contributed by atoms with Crippen molar-refractivity contribution in [1.82, 2.24) is 14.8 Å². The molecule has 0 aliphatic rings. The molecule has 0 spiro atoms. The van der Waals surface area contributed by atoms with Gasteiger partial charge in [0.2, 0.25) is 0 Å². The van der Waals surface area contributed by atoms with Crippen molar-refractivity contribution in [2.75, 3.05) is 5.32 Å². The molecule has 0 bridgehead atoms. The van der Waals surface area contributed by atoms with E-state index in [9.17, 15) is 18.0 Å². The summed E-state index contributed by atoms with van der Waals surface area (Å²) in [6.07, 6.45) is -3.21. The standard InChI is InChI=1S/C19H17F3N4O2S/c1-12(29-18-25-23-11-26(18)2)13-5-3-7-15(9-13)24-17(27)14-6-4-8-16(10-14)28-19(20,21)22/h3-12H,1-2H3,(H,24,27)/t12-/m0/s1. The fourth-order valence-electron chi connectivity index (χ4n) is 2.51. The maximum absolute atomic E-state index is 12.4. The molecule has 1 N–H and O–H groups in total. The highest BCUT2D eigenvalue weighted by molar-refractivity contribution is 7.99. The number of nitrogens with one attached hydrogen (secondary N) is 1. The summed E-state index contributed by atoms with van der Waals surface area (Å²) in [6.45, 7) is 2.00. The number of halogens is 3. The fraction of sp³-hybridized carbons (Fsp3) is 0.211. The Labute approximate surface area is 169 Å². The molecule has 152 valence electrons. The molecule has 0 aliphatic carbocycles. The quantitative estimate of drug-likeness (QED) is 0.577. The predicted molar refractivity (Wildman–Crippen MR) is 103 cm³/mol. The number of hydrogen-bond donors (Lipinski definition) is 1. The maximum atomic E-state index is 12.4. The van der Waals surface area contributed by atoms with E-state index in [1.807, 2.05) is 30.7 Å². The van der Waals surface area contributed by atoms with E-state index in [1.165, 1.54) is 23.9 Å². The van der Waals surface area contributed by atoms with Crippen molar-refractivity contribution in [2.24, 2.45) is 7.05 Å². The van der Waals surface area contributed by atoms with Gasteiger partial charge in [0.25, 0.3) is 5.91 Å². The highest BCUT2D eigenvalue weighted by atomic mass is 32.2. The van der Waals surface area contributed by atoms with E-state index in [0.29, 0.717) is 5.69 Å². The first-order valence-electron chi connectivity index (χ1n) is 8.49. The van der Waals surface area contributed by atoms with E-state index < -0.39 is 18.0 Å². The third-order valence-corrected chi connectivity index (χ3v) is 5.10. The Balaban J connectivity index is 1.70. The van der Waals surface area contributed by atoms with Gasteiger partial charge in [0.1, 0.15) is 12.1 Å². The molecule has 1 atom stereocenters. The average molecular weight is 422 g/mol. The second-order valence-electron chi connectivity index (χ2n) is 6.14. The Morgan fingerprint density at radius 2 is 1.97 bits per heavy atom. The van der Waals surface area contributed by atoms with E-state index in [-0.39, 0.29) is 10.8 Å². The SMILES string of the molecule is C[C@H](Sc1nncn1C)c1cccc(NC(=O)c2cccc(OC(F)(F)F)c2)c1. The normalized spacial score (nSPS) is 12.4. The third kappa shape index (κ3) is 5.74. The van der Waals surface area contributed by atoms with Gasteiger partial charge in [-0.25, -0.2) is 0 Å². The Morgan fingerprint density at radius 3 is 2.66 bits per heavy atom. The zero-order valence-electron chi connectivity index (χ0n) is 15.5. The lowest BCUT2D eigenvalue weighted by molar-refractivity contribution is -0.274. The van der Waals surface area contributed by atoms with E-state index in [4.69, 9.17) is 0 Å². The molecule has 3 aromatic rings. The van der Waals surface area contributed by atoms with Crippen LogP contribution in [0.4, 0.5) is 18.9 Å². The van der Waals surface area contributed by atoms with Crippen molar-refractivity contribution in [3.05, 3.63) is 66.0 Å². The highest BCUT2D eigenvalue weighted by Gasteiger charge is 2.31. The number of amides is 1. The molecule has 0 saturated heterocycles. The second-order valence-corrected chi connectivity index (χ2v) is 7.45. The number of ether oxygens (including phenoxy) is 1. The number of hydrogen-bond acceptors (Lipinski definition) is 5. The molecule has 1 heterocycles. The zero-order chi connectivity index (χ0) is 21.0. The molecule has 3 rings (SSSR count). The summed E-state index contributed by atoms with van der Waals surface area (Å²) in [4.78, 5) is 12.4. The van der Waals surface area contributed by atoms with Crippen LogP contribution in [0.1, 0.15) is 28.1 Å². The lowest BCUT2D eigenvalue weighted by Crippen LogP contribution is -2.18. The van der Waals surface area contributed by atoms with E-state index in [2.05, 4.69) is 20.3 Å². The van der Waals surface area contributed by atoms with Crippen LogP contribution in [0.5, 0.6) is 5.75 Å². The molecule has 1 amide bonds. The fourth-order valence-corrected chi connectivity index (χ4v) is 3.42. The maximum Gasteiger partial charge on any atom is 0.573 e. The number of aromatic nitrogens is 3. The molecule has 29 heavy (non-hydrogen) atoms. The number of rotatable bonds is 6. The number of carbonyl (C=O) groups excluding carboxylic acids is 1. The number of nitrogens with zero attached hydrogens (tertiary/aromatic N) is 3. The van der Waals surface area contributed by atoms with Gasteiger partial charge < -0.3 is 14.6 Å². The number of thioether (sulfide) groups is 1. The van der Waals surface area contributed by atoms with Crippen LogP contribution in [0.2, 0.25) is 0 Å². The van der Waals surface area contributed by atoms with Gasteiger partial charge in [-0.15, -0.1) is 23.4 Å². The van der Waals surface area contributed by atoms with Crippen LogP contribution in [0, 0.1) is 0 Å². The molecule has 0 saturated carbocycles. The van der Waals surface area contributed by atoms with Crippen LogP contribution in [0.15, 0.2) is 60.0 Å². The Hall–Kier alpha value is -3.01. The van der Waals surface area contributed by atoms with Crippen LogP contribution >= 0.6 is 11.8 Å². The van der Waals surface area contributed by atoms with Crippen LogP contribution in [-0.2, 0) is 7.05 Å². The van der Waals surface area contributed by atoms with Gasteiger partial charge in [-0.1, -0.05) is 30.0 Å². The molecule has 0 unspecified atom stereocenters. The summed E-state index contributed by atoms with van der Waals surface area (Å²) in [5.41, 5.74) is 1.53. The van der Waals surface area contributed by atoms with Gasteiger partial charge in [-0.2, -0.15) is 0 Å². The van der Waals surface area contributed by atoms with Gasteiger partial charge in [-0.05, 0) is 42.8 Å². The van der Waals surface area contributed by atoms with Crippen molar-refractivity contribution in [2.45, 2.75) is 23.7 Å². The largest absolute Gasteiger partial charge is 0.573 e. The first kappa shape index (κ1) is 20.7. The molecule has 0 radical (unpaired) electrons. The van der Waals surface area contributed by atoms with Gasteiger partial charge in [0.05, 0.1) is 0 Å². The van der Waals surface area contributed by atoms with Crippen molar-refractivity contribution in [1.29, 1.82) is 0 Å². The molecule has 0 aliphatic heterocycles. The molecule has 10 heteroatoms. The number of anilines is 1. The summed E-state index contributed by atoms with van der Waals surface area (Å²) in [7, 11) is 1.85. The van der Waals surface area contributed by atoms with E-state index >= 15 is 0 Å². The van der Waals surface area contributed by atoms with Crippen LogP contribution in [-0.4, -0.2) is 27.0 Å². The Bertz CT molecular complexity index is 1010. The molecule has 1 aromatic heterocycles. The molecule has 2 aromatic carbocycles. The van der Waals surface area contributed by atoms with Crippen LogP contribution in [0.25, 0.3) is 0 Å². The van der Waals surface area contributed by atoms with Gasteiger partial charge >= 0.3 is 6.36 Å². The number of benzene rings is 2.